The van der Waals surface area contributed by atoms with E-state index in [0.717, 1.165) is 22.4 Å². The van der Waals surface area contributed by atoms with Gasteiger partial charge in [-0.2, -0.15) is 0 Å². The Kier molecular flexibility index (Phi) is 3.85. The fourth-order valence-corrected chi connectivity index (χ4v) is 2.16. The Balaban J connectivity index is 2.22. The monoisotopic (exact) mass is 255 g/mol. The van der Waals surface area contributed by atoms with Crippen LogP contribution in [0.4, 0.5) is 5.69 Å². The molecule has 0 unspecified atom stereocenters. The van der Waals surface area contributed by atoms with Crippen molar-refractivity contribution in [1.82, 2.24) is 0 Å². The summed E-state index contributed by atoms with van der Waals surface area (Å²) in [6.07, 6.45) is 0. The molecule has 2 N–H and O–H groups in total. The van der Waals surface area contributed by atoms with E-state index in [1.807, 2.05) is 44.2 Å². The number of carbonyl (C=O) groups is 1. The van der Waals surface area contributed by atoms with Crippen LogP contribution in [0.2, 0.25) is 0 Å². The Morgan fingerprint density at radius 2 is 1.68 bits per heavy atom. The summed E-state index contributed by atoms with van der Waals surface area (Å²) in [5.41, 5.74) is 4.53. The SMILES string of the molecule is Cc1cccc(C)c1NCc1ccccc1C(=O)O. The summed E-state index contributed by atoms with van der Waals surface area (Å²) in [6, 6.07) is 13.2. The fourth-order valence-electron chi connectivity index (χ4n) is 2.16. The van der Waals surface area contributed by atoms with Gasteiger partial charge in [0.2, 0.25) is 0 Å². The maximum absolute atomic E-state index is 11.1. The van der Waals surface area contributed by atoms with Crippen molar-refractivity contribution in [3.63, 3.8) is 0 Å². The number of aryl methyl sites for hydroxylation is 2. The highest BCUT2D eigenvalue weighted by molar-refractivity contribution is 5.89. The van der Waals surface area contributed by atoms with E-state index in [4.69, 9.17) is 5.11 Å². The standard InChI is InChI=1S/C16H17NO2/c1-11-6-5-7-12(2)15(11)17-10-13-8-3-4-9-14(13)16(18)19/h3-9,17H,10H2,1-2H3,(H,18,19). The molecule has 0 heterocycles. The van der Waals surface area contributed by atoms with Gasteiger partial charge in [-0.15, -0.1) is 0 Å². The van der Waals surface area contributed by atoms with Crippen molar-refractivity contribution in [3.8, 4) is 0 Å². The van der Waals surface area contributed by atoms with Crippen LogP contribution >= 0.6 is 0 Å². The highest BCUT2D eigenvalue weighted by Gasteiger charge is 2.09. The molecule has 0 spiro atoms. The van der Waals surface area contributed by atoms with Gasteiger partial charge < -0.3 is 10.4 Å². The number of hydrogen-bond acceptors (Lipinski definition) is 2. The molecule has 3 nitrogen and oxygen atoms in total. The third-order valence-electron chi connectivity index (χ3n) is 3.18. The summed E-state index contributed by atoms with van der Waals surface area (Å²) >= 11 is 0. The number of carboxylic acids is 1. The number of carboxylic acid groups (broad SMARTS) is 1. The first-order valence-corrected chi connectivity index (χ1v) is 6.21. The van der Waals surface area contributed by atoms with Crippen LogP contribution in [0.1, 0.15) is 27.0 Å². The average molecular weight is 255 g/mol. The number of anilines is 1. The summed E-state index contributed by atoms with van der Waals surface area (Å²) < 4.78 is 0. The molecule has 2 aromatic carbocycles. The van der Waals surface area contributed by atoms with Gasteiger partial charge in [-0.05, 0) is 36.6 Å². The van der Waals surface area contributed by atoms with Gasteiger partial charge in [0.25, 0.3) is 0 Å². The minimum atomic E-state index is -0.890. The maximum atomic E-state index is 11.1. The summed E-state index contributed by atoms with van der Waals surface area (Å²) in [6.45, 7) is 4.59. The molecule has 0 fully saturated rings. The predicted molar refractivity (Wildman–Crippen MR) is 76.6 cm³/mol. The Labute approximate surface area is 112 Å². The molecule has 0 saturated heterocycles. The lowest BCUT2D eigenvalue weighted by molar-refractivity contribution is 0.0696. The van der Waals surface area contributed by atoms with Crippen molar-refractivity contribution >= 4 is 11.7 Å². The Morgan fingerprint density at radius 3 is 2.32 bits per heavy atom. The second kappa shape index (κ2) is 5.57. The van der Waals surface area contributed by atoms with Crippen LogP contribution in [-0.2, 0) is 6.54 Å². The molecule has 3 heteroatoms. The fraction of sp³-hybridized carbons (Fsp3) is 0.188. The van der Waals surface area contributed by atoms with Crippen LogP contribution in [0.5, 0.6) is 0 Å². The molecule has 0 aromatic heterocycles. The smallest absolute Gasteiger partial charge is 0.336 e. The highest BCUT2D eigenvalue weighted by atomic mass is 16.4. The Bertz CT molecular complexity index is 585. The summed E-state index contributed by atoms with van der Waals surface area (Å²) in [5, 5.41) is 12.5. The molecule has 2 rings (SSSR count). The molecule has 0 bridgehead atoms. The van der Waals surface area contributed by atoms with Crippen molar-refractivity contribution in [1.29, 1.82) is 0 Å². The molecule has 0 atom stereocenters. The minimum absolute atomic E-state index is 0.348. The summed E-state index contributed by atoms with van der Waals surface area (Å²) in [4.78, 5) is 11.1. The van der Waals surface area contributed by atoms with Crippen LogP contribution in [-0.4, -0.2) is 11.1 Å². The molecule has 19 heavy (non-hydrogen) atoms. The van der Waals surface area contributed by atoms with Crippen molar-refractivity contribution in [2.75, 3.05) is 5.32 Å². The molecule has 98 valence electrons. The second-order valence-corrected chi connectivity index (χ2v) is 4.58. The van der Waals surface area contributed by atoms with Crippen molar-refractivity contribution in [2.45, 2.75) is 20.4 Å². The third kappa shape index (κ3) is 2.94. The number of hydrogen-bond donors (Lipinski definition) is 2. The van der Waals surface area contributed by atoms with Crippen LogP contribution in [0.15, 0.2) is 42.5 Å². The quantitative estimate of drug-likeness (QED) is 0.877. The third-order valence-corrected chi connectivity index (χ3v) is 3.18. The van der Waals surface area contributed by atoms with Gasteiger partial charge in [0, 0.05) is 12.2 Å². The maximum Gasteiger partial charge on any atom is 0.336 e. The first kappa shape index (κ1) is 13.1. The van der Waals surface area contributed by atoms with Crippen LogP contribution in [0, 0.1) is 13.8 Å². The van der Waals surface area contributed by atoms with E-state index in [0.29, 0.717) is 12.1 Å². The normalized spacial score (nSPS) is 10.2. The zero-order valence-corrected chi connectivity index (χ0v) is 11.1. The molecule has 0 aliphatic heterocycles. The number of nitrogens with one attached hydrogen (secondary N) is 1. The van der Waals surface area contributed by atoms with E-state index < -0.39 is 5.97 Å². The number of aromatic carboxylic acids is 1. The molecule has 0 radical (unpaired) electrons. The molecular formula is C16H17NO2. The number of rotatable bonds is 4. The van der Waals surface area contributed by atoms with Gasteiger partial charge in [-0.3, -0.25) is 0 Å². The van der Waals surface area contributed by atoms with Gasteiger partial charge in [0.15, 0.2) is 0 Å². The zero-order chi connectivity index (χ0) is 13.8. The van der Waals surface area contributed by atoms with Crippen LogP contribution < -0.4 is 5.32 Å². The number of benzene rings is 2. The Morgan fingerprint density at radius 1 is 1.05 bits per heavy atom. The van der Waals surface area contributed by atoms with Crippen LogP contribution in [0.3, 0.4) is 0 Å². The topological polar surface area (TPSA) is 49.3 Å². The summed E-state index contributed by atoms with van der Waals surface area (Å²) in [7, 11) is 0. The van der Waals surface area contributed by atoms with E-state index in [-0.39, 0.29) is 0 Å². The number of para-hydroxylation sites is 1. The van der Waals surface area contributed by atoms with E-state index in [1.165, 1.54) is 0 Å². The van der Waals surface area contributed by atoms with E-state index in [9.17, 15) is 4.79 Å². The zero-order valence-electron chi connectivity index (χ0n) is 11.1. The van der Waals surface area contributed by atoms with Gasteiger partial charge >= 0.3 is 5.97 Å². The van der Waals surface area contributed by atoms with Crippen LogP contribution in [0.25, 0.3) is 0 Å². The molecule has 0 amide bonds. The molecule has 0 aliphatic rings. The van der Waals surface area contributed by atoms with Gasteiger partial charge in [0.1, 0.15) is 0 Å². The van der Waals surface area contributed by atoms with Gasteiger partial charge in [-0.25, -0.2) is 4.79 Å². The largest absolute Gasteiger partial charge is 0.478 e. The molecule has 0 aliphatic carbocycles. The van der Waals surface area contributed by atoms with E-state index in [1.54, 1.807) is 12.1 Å². The van der Waals surface area contributed by atoms with E-state index in [2.05, 4.69) is 5.32 Å². The highest BCUT2D eigenvalue weighted by Crippen LogP contribution is 2.21. The van der Waals surface area contributed by atoms with Crippen molar-refractivity contribution in [2.24, 2.45) is 0 Å². The first-order chi connectivity index (χ1) is 9.09. The average Bonchev–Trinajstić information content (AvgIpc) is 2.38. The first-order valence-electron chi connectivity index (χ1n) is 6.21. The minimum Gasteiger partial charge on any atom is -0.478 e. The lowest BCUT2D eigenvalue weighted by atomic mass is 10.1. The lowest BCUT2D eigenvalue weighted by Gasteiger charge is -2.13. The predicted octanol–water partition coefficient (Wildman–Crippen LogP) is 3.61. The molecule has 2 aromatic rings. The molecular weight excluding hydrogens is 238 g/mol. The van der Waals surface area contributed by atoms with Gasteiger partial charge in [0.05, 0.1) is 5.56 Å². The van der Waals surface area contributed by atoms with E-state index >= 15 is 0 Å². The summed E-state index contributed by atoms with van der Waals surface area (Å²) in [5.74, 6) is -0.890. The Hall–Kier alpha value is -2.29. The van der Waals surface area contributed by atoms with Crippen molar-refractivity contribution < 1.29 is 9.90 Å². The van der Waals surface area contributed by atoms with Gasteiger partial charge in [-0.1, -0.05) is 36.4 Å². The lowest BCUT2D eigenvalue weighted by Crippen LogP contribution is -2.08. The second-order valence-electron chi connectivity index (χ2n) is 4.58. The molecule has 0 saturated carbocycles. The van der Waals surface area contributed by atoms with Crippen molar-refractivity contribution in [3.05, 3.63) is 64.7 Å².